The van der Waals surface area contributed by atoms with Crippen LogP contribution in [0.2, 0.25) is 0 Å². The lowest BCUT2D eigenvalue weighted by atomic mass is 9.48. The van der Waals surface area contributed by atoms with Gasteiger partial charge in [-0.1, -0.05) is 27.0 Å². The average molecular weight is 1010 g/mol. The van der Waals surface area contributed by atoms with Gasteiger partial charge in [0.15, 0.2) is 11.6 Å². The number of carbonyl (C=O) groups excluding carboxylic acids is 5. The van der Waals surface area contributed by atoms with Gasteiger partial charge in [-0.15, -0.1) is 0 Å². The van der Waals surface area contributed by atoms with Crippen molar-refractivity contribution in [1.29, 1.82) is 0 Å². The fourth-order valence-electron chi connectivity index (χ4n) is 15.3. The molecular weight excluding hydrogens is 925 g/mol. The molecule has 0 N–H and O–H groups in total. The van der Waals surface area contributed by atoms with Crippen LogP contribution in [0, 0.1) is 46.8 Å². The smallest absolute Gasteiger partial charge is 0.462 e. The first-order valence-corrected chi connectivity index (χ1v) is 27.4. The van der Waals surface area contributed by atoms with Gasteiger partial charge in [-0.3, -0.25) is 9.59 Å². The van der Waals surface area contributed by atoms with Crippen LogP contribution >= 0.6 is 0 Å². The predicted molar refractivity (Wildman–Crippen MR) is 264 cm³/mol. The van der Waals surface area contributed by atoms with Gasteiger partial charge >= 0.3 is 30.0 Å². The van der Waals surface area contributed by atoms with E-state index in [9.17, 15) is 24.0 Å². The quantitative estimate of drug-likeness (QED) is 0.0859. The monoisotopic (exact) mass is 1010 g/mol. The third kappa shape index (κ3) is 12.9. The van der Waals surface area contributed by atoms with Crippen LogP contribution < -0.4 is 0 Å². The van der Waals surface area contributed by atoms with Crippen LogP contribution in [0.15, 0.2) is 24.3 Å². The molecule has 9 aliphatic carbocycles. The number of rotatable bonds is 15. The molecule has 11 rings (SSSR count). The predicted octanol–water partition coefficient (Wildman–Crippen LogP) is 10.6. The van der Waals surface area contributed by atoms with Crippen molar-refractivity contribution >= 4 is 30.0 Å². The van der Waals surface area contributed by atoms with E-state index in [1.54, 1.807) is 27.7 Å². The second kappa shape index (κ2) is 21.2. The minimum absolute atomic E-state index is 0.000740. The first kappa shape index (κ1) is 54.7. The van der Waals surface area contributed by atoms with E-state index in [2.05, 4.69) is 27.0 Å². The summed E-state index contributed by atoms with van der Waals surface area (Å²) >= 11 is 0. The molecule has 0 radical (unpaired) electrons. The highest BCUT2D eigenvalue weighted by Gasteiger charge is 2.63. The fraction of sp³-hybridized carbons (Fsp3) is 0.842. The van der Waals surface area contributed by atoms with Gasteiger partial charge in [0.05, 0.1) is 43.9 Å². The van der Waals surface area contributed by atoms with Crippen LogP contribution in [-0.4, -0.2) is 103 Å². The van der Waals surface area contributed by atoms with Crippen LogP contribution in [0.4, 0.5) is 4.79 Å². The maximum absolute atomic E-state index is 13.2. The van der Waals surface area contributed by atoms with Crippen molar-refractivity contribution in [3.05, 3.63) is 24.3 Å². The van der Waals surface area contributed by atoms with Crippen LogP contribution in [-0.2, 0) is 66.5 Å². The van der Waals surface area contributed by atoms with Gasteiger partial charge in [-0.05, 0) is 174 Å². The van der Waals surface area contributed by atoms with Crippen molar-refractivity contribution in [1.82, 2.24) is 0 Å². The van der Waals surface area contributed by atoms with Crippen molar-refractivity contribution in [3.8, 4) is 0 Å². The van der Waals surface area contributed by atoms with Crippen molar-refractivity contribution < 1.29 is 71.3 Å². The van der Waals surface area contributed by atoms with Crippen LogP contribution in [0.25, 0.3) is 0 Å². The first-order chi connectivity index (χ1) is 33.7. The van der Waals surface area contributed by atoms with Crippen LogP contribution in [0.5, 0.6) is 0 Å². The van der Waals surface area contributed by atoms with Crippen LogP contribution in [0.3, 0.4) is 0 Å². The number of ether oxygens (including phenoxy) is 10. The molecular formula is C57H86O15. The number of hydrogen-bond acceptors (Lipinski definition) is 15. The van der Waals surface area contributed by atoms with E-state index in [4.69, 9.17) is 47.4 Å². The number of esters is 4. The third-order valence-electron chi connectivity index (χ3n) is 17.4. The van der Waals surface area contributed by atoms with Gasteiger partial charge in [-0.25, -0.2) is 14.4 Å². The van der Waals surface area contributed by atoms with E-state index < -0.39 is 47.1 Å². The molecule has 2 aliphatic heterocycles. The van der Waals surface area contributed by atoms with E-state index in [1.807, 2.05) is 20.8 Å². The number of hydrogen-bond donors (Lipinski definition) is 0. The van der Waals surface area contributed by atoms with Gasteiger partial charge in [0.1, 0.15) is 30.0 Å². The molecule has 15 heteroatoms. The van der Waals surface area contributed by atoms with Crippen LogP contribution in [0.1, 0.15) is 184 Å². The summed E-state index contributed by atoms with van der Waals surface area (Å²) in [6.07, 6.45) is 14.5. The van der Waals surface area contributed by atoms with Gasteiger partial charge in [0.25, 0.3) is 0 Å². The second-order valence-electron chi connectivity index (χ2n) is 25.8. The average Bonchev–Trinajstić information content (AvgIpc) is 3.73. The normalized spacial score (nSPS) is 37.5. The molecule has 6 unspecified atom stereocenters. The molecule has 2 saturated heterocycles. The molecule has 8 bridgehead atoms. The molecule has 0 aromatic carbocycles. The summed E-state index contributed by atoms with van der Waals surface area (Å²) in [6.45, 7) is 24.5. The summed E-state index contributed by atoms with van der Waals surface area (Å²) in [5.41, 5.74) is -0.905. The van der Waals surface area contributed by atoms with E-state index in [1.165, 1.54) is 6.42 Å². The molecule has 6 atom stereocenters. The summed E-state index contributed by atoms with van der Waals surface area (Å²) < 4.78 is 59.6. The standard InChI is InChI=1S/C29H44O9.C28H42O6/c1-18(2)24(31)34-17-28-11-19-8-20(12-28)14-29(13-19,16-28)38-25(32)33-15-22-9-21(35-27(6,7)36-22)10-23(30)37-26(3,4)5;1-17(2)26(30)31-16-24-14-23(15-25(29)34-27(18(3)4)7-5-6-8-27)32-28(33-24)21-10-19-9-20(12-21)13-22(28)11-19/h19-22H,1,8-17H2,2-7H3;18-24H,1,5-16H2,2-4H3. The Balaban J connectivity index is 0.000000194. The van der Waals surface area contributed by atoms with Crippen molar-refractivity contribution in [2.24, 2.45) is 46.8 Å². The van der Waals surface area contributed by atoms with E-state index in [-0.39, 0.29) is 67.2 Å². The van der Waals surface area contributed by atoms with Gasteiger partial charge in [-0.2, -0.15) is 0 Å². The minimum Gasteiger partial charge on any atom is -0.462 e. The lowest BCUT2D eigenvalue weighted by Gasteiger charge is -2.62. The molecule has 11 fully saturated rings. The zero-order valence-corrected chi connectivity index (χ0v) is 44.9. The molecule has 11 aliphatic rings. The topological polar surface area (TPSA) is 178 Å². The SMILES string of the molecule is C=C(C)C(=O)OCC12CC3CC(C1)CC(OC(=O)OCC1CC(CC(=O)OC(C)(C)C)OC(C)(C)O1)(C3)C2.C=C(C)C(=O)OCC1CC(CC(=O)OC2(C(C)C)CCCC2)OC2(O1)C1CC3CC(C1)CC2C3. The molecule has 9 saturated carbocycles. The highest BCUT2D eigenvalue weighted by atomic mass is 16.8. The molecule has 0 aromatic rings. The summed E-state index contributed by atoms with van der Waals surface area (Å²) in [5.74, 6) is 0.597. The first-order valence-electron chi connectivity index (χ1n) is 27.4. The molecule has 72 heavy (non-hydrogen) atoms. The summed E-state index contributed by atoms with van der Waals surface area (Å²) in [5, 5.41) is 0. The Kier molecular flexibility index (Phi) is 16.1. The zero-order chi connectivity index (χ0) is 52.0. The Labute approximate surface area is 428 Å². The summed E-state index contributed by atoms with van der Waals surface area (Å²) in [7, 11) is 0. The minimum atomic E-state index is -0.934. The summed E-state index contributed by atoms with van der Waals surface area (Å²) in [4.78, 5) is 62.5. The third-order valence-corrected chi connectivity index (χ3v) is 17.4. The molecule has 15 nitrogen and oxygen atoms in total. The molecule has 0 aromatic heterocycles. The summed E-state index contributed by atoms with van der Waals surface area (Å²) in [6, 6.07) is 0. The van der Waals surface area contributed by atoms with E-state index in [0.717, 1.165) is 95.3 Å². The Bertz CT molecular complexity index is 2000. The lowest BCUT2D eigenvalue weighted by Crippen LogP contribution is -2.65. The Hall–Kier alpha value is -3.53. The molecule has 2 heterocycles. The molecule has 0 amide bonds. The Morgan fingerprint density at radius 2 is 1.11 bits per heavy atom. The largest absolute Gasteiger partial charge is 0.508 e. The highest BCUT2D eigenvalue weighted by Crippen LogP contribution is 2.64. The van der Waals surface area contributed by atoms with Crippen molar-refractivity contribution in [2.75, 3.05) is 19.8 Å². The fourth-order valence-corrected chi connectivity index (χ4v) is 15.3. The van der Waals surface area contributed by atoms with E-state index >= 15 is 0 Å². The number of carbonyl (C=O) groups is 5. The lowest BCUT2D eigenvalue weighted by molar-refractivity contribution is -0.395. The highest BCUT2D eigenvalue weighted by molar-refractivity contribution is 5.87. The van der Waals surface area contributed by atoms with Gasteiger partial charge in [0.2, 0.25) is 0 Å². The van der Waals surface area contributed by atoms with E-state index in [0.29, 0.717) is 66.6 Å². The molecule has 404 valence electrons. The Morgan fingerprint density at radius 1 is 0.611 bits per heavy atom. The molecule has 1 spiro atoms. The maximum atomic E-state index is 13.2. The zero-order valence-electron chi connectivity index (χ0n) is 44.9. The van der Waals surface area contributed by atoms with Crippen molar-refractivity contribution in [3.63, 3.8) is 0 Å². The Morgan fingerprint density at radius 3 is 1.68 bits per heavy atom. The van der Waals surface area contributed by atoms with Gasteiger partial charge in [0, 0.05) is 41.2 Å². The van der Waals surface area contributed by atoms with Gasteiger partial charge < -0.3 is 47.4 Å². The van der Waals surface area contributed by atoms with Crippen molar-refractivity contribution in [2.45, 2.75) is 237 Å². The maximum Gasteiger partial charge on any atom is 0.508 e. The second-order valence-corrected chi connectivity index (χ2v) is 25.8.